The van der Waals surface area contributed by atoms with Crippen LogP contribution in [0.1, 0.15) is 86.8 Å². The number of nitrogens with one attached hydrogen (secondary N) is 2. The van der Waals surface area contributed by atoms with Gasteiger partial charge in [-0.25, -0.2) is 4.98 Å². The van der Waals surface area contributed by atoms with E-state index in [2.05, 4.69) is 26.5 Å². The average Bonchev–Trinajstić information content (AvgIpc) is 3.81. The maximum absolute atomic E-state index is 13.4. The zero-order chi connectivity index (χ0) is 47.8. The number of piperazine rings is 1. The molecule has 20 heteroatoms. The summed E-state index contributed by atoms with van der Waals surface area (Å²) in [5, 5.41) is 14.8. The molecular weight excluding hydrogens is 892 g/mol. The summed E-state index contributed by atoms with van der Waals surface area (Å²) in [6.07, 6.45) is -1.27. The Morgan fingerprint density at radius 1 is 0.779 bits per heavy atom. The van der Waals surface area contributed by atoms with E-state index < -0.39 is 47.3 Å². The Morgan fingerprint density at radius 3 is 2.18 bits per heavy atom. The van der Waals surface area contributed by atoms with Crippen LogP contribution in [0.15, 0.2) is 60.7 Å². The van der Waals surface area contributed by atoms with Crippen molar-refractivity contribution < 1.29 is 61.2 Å². The van der Waals surface area contributed by atoms with Gasteiger partial charge in [0.25, 0.3) is 17.7 Å². The average molecular weight is 948 g/mol. The first-order chi connectivity index (χ1) is 32.9. The van der Waals surface area contributed by atoms with E-state index in [-0.39, 0.29) is 61.3 Å². The van der Waals surface area contributed by atoms with Gasteiger partial charge in [0.05, 0.1) is 67.4 Å². The molecule has 0 spiro atoms. The number of benzene rings is 3. The van der Waals surface area contributed by atoms with Crippen LogP contribution in [0.4, 0.5) is 19.1 Å². The second-order valence-electron chi connectivity index (χ2n) is 17.5. The third kappa shape index (κ3) is 11.7. The van der Waals surface area contributed by atoms with Crippen LogP contribution in [0.3, 0.4) is 0 Å². The first-order valence-electron chi connectivity index (χ1n) is 23.1. The van der Waals surface area contributed by atoms with E-state index in [1.54, 1.807) is 6.07 Å². The summed E-state index contributed by atoms with van der Waals surface area (Å²) in [6.45, 7) is 7.77. The van der Waals surface area contributed by atoms with E-state index in [1.165, 1.54) is 24.3 Å². The van der Waals surface area contributed by atoms with Crippen molar-refractivity contribution in [3.05, 3.63) is 88.5 Å². The zero-order valence-electron chi connectivity index (χ0n) is 37.6. The number of imidazole rings is 1. The molecule has 2 saturated heterocycles. The topological polar surface area (TPSA) is 194 Å². The minimum absolute atomic E-state index is 0.000370. The molecule has 3 fully saturated rings. The number of carbonyl (C=O) groups is 5. The van der Waals surface area contributed by atoms with Crippen LogP contribution in [0.25, 0.3) is 11.0 Å². The Hall–Kier alpha value is -5.77. The predicted molar refractivity (Wildman–Crippen MR) is 240 cm³/mol. The van der Waals surface area contributed by atoms with E-state index in [9.17, 15) is 42.3 Å². The number of imide groups is 2. The Balaban J connectivity index is 0.712. The number of aliphatic hydroxyl groups excluding tert-OH is 1. The van der Waals surface area contributed by atoms with Gasteiger partial charge in [-0.3, -0.25) is 49.3 Å². The highest BCUT2D eigenvalue weighted by Crippen LogP contribution is 2.38. The summed E-state index contributed by atoms with van der Waals surface area (Å²) in [5.74, 6) is -2.06. The molecule has 364 valence electrons. The Kier molecular flexibility index (Phi) is 15.8. The van der Waals surface area contributed by atoms with Crippen LogP contribution >= 0.6 is 0 Å². The van der Waals surface area contributed by atoms with E-state index in [0.29, 0.717) is 50.2 Å². The number of piperidine rings is 1. The Labute approximate surface area is 390 Å². The fourth-order valence-corrected chi connectivity index (χ4v) is 9.21. The molecule has 68 heavy (non-hydrogen) atoms. The Morgan fingerprint density at radius 2 is 1.47 bits per heavy atom. The summed E-state index contributed by atoms with van der Waals surface area (Å²) < 4.78 is 65.1. The molecule has 1 saturated carbocycles. The molecule has 1 aromatic heterocycles. The van der Waals surface area contributed by atoms with Gasteiger partial charge in [-0.15, -0.1) is 0 Å². The van der Waals surface area contributed by atoms with Gasteiger partial charge in [-0.2, -0.15) is 13.2 Å². The predicted octanol–water partition coefficient (Wildman–Crippen LogP) is 4.68. The standard InChI is InChI=1S/C48H56F3N7O10/c49-48(50,51)34-3-1-2-33(27-34)43(61)54-47-52-39-11-6-32(26-41(39)57(47)35-7-4-31(30-59)5-8-35)29-56-16-14-55(15-17-56)18-19-65-20-21-66-22-23-67-24-25-68-36-9-10-37-38(28-36)46(64)58(45(37)63)40-12-13-42(60)53-44(40)62/h1-3,6,9-11,26-28,31,35,40,59H,4-5,7-8,12-25,29-30H2,(H,52,54,61)(H,53,60,62). The second kappa shape index (κ2) is 22.1. The van der Waals surface area contributed by atoms with Crippen molar-refractivity contribution in [2.45, 2.75) is 63.3 Å². The highest BCUT2D eigenvalue weighted by molar-refractivity contribution is 6.23. The first kappa shape index (κ1) is 48.7. The molecule has 17 nitrogen and oxygen atoms in total. The summed E-state index contributed by atoms with van der Waals surface area (Å²) in [7, 11) is 0. The van der Waals surface area contributed by atoms with Crippen LogP contribution in [-0.2, 0) is 36.5 Å². The molecule has 1 unspecified atom stereocenters. The lowest BCUT2D eigenvalue weighted by atomic mass is 9.86. The number of rotatable bonds is 20. The van der Waals surface area contributed by atoms with Gasteiger partial charge in [0.1, 0.15) is 18.4 Å². The molecule has 3 N–H and O–H groups in total. The number of halogens is 3. The van der Waals surface area contributed by atoms with Crippen LogP contribution in [0, 0.1) is 5.92 Å². The smallest absolute Gasteiger partial charge is 0.416 e. The minimum Gasteiger partial charge on any atom is -0.491 e. The third-order valence-electron chi connectivity index (χ3n) is 12.9. The minimum atomic E-state index is -4.58. The van der Waals surface area contributed by atoms with E-state index in [4.69, 9.17) is 23.9 Å². The SMILES string of the molecule is O=C1CCC(N2C(=O)c3ccc(OCCOCCOCCOCCN4CCN(Cc5ccc6nc(NC(=O)c7cccc(C(F)(F)F)c7)n(C7CCC(CO)CC7)c6c5)CC4)cc3C2=O)C(=O)N1. The number of carbonyl (C=O) groups excluding carboxylic acids is 5. The van der Waals surface area contributed by atoms with E-state index in [0.717, 1.165) is 93.1 Å². The molecule has 1 aliphatic carbocycles. The molecule has 5 amide bonds. The van der Waals surface area contributed by atoms with Gasteiger partial charge < -0.3 is 28.6 Å². The second-order valence-corrected chi connectivity index (χ2v) is 17.5. The van der Waals surface area contributed by atoms with Crippen molar-refractivity contribution in [3.63, 3.8) is 0 Å². The number of fused-ring (bicyclic) bond motifs is 2. The monoisotopic (exact) mass is 947 g/mol. The fraction of sp³-hybridized carbons (Fsp3) is 0.500. The number of aliphatic hydroxyl groups is 1. The van der Waals surface area contributed by atoms with E-state index >= 15 is 0 Å². The number of anilines is 1. The van der Waals surface area contributed by atoms with Crippen molar-refractivity contribution >= 4 is 46.5 Å². The molecule has 4 aliphatic rings. The molecule has 8 rings (SSSR count). The van der Waals surface area contributed by atoms with Crippen molar-refractivity contribution in [1.82, 2.24) is 29.6 Å². The maximum atomic E-state index is 13.4. The first-order valence-corrected chi connectivity index (χ1v) is 23.1. The molecular formula is C48H56F3N7O10. The quantitative estimate of drug-likeness (QED) is 0.0818. The number of amides is 5. The summed E-state index contributed by atoms with van der Waals surface area (Å²) >= 11 is 0. The van der Waals surface area contributed by atoms with Crippen LogP contribution in [0.5, 0.6) is 5.75 Å². The van der Waals surface area contributed by atoms with Crippen LogP contribution in [-0.4, -0.2) is 151 Å². The van der Waals surface area contributed by atoms with Crippen LogP contribution < -0.4 is 15.4 Å². The van der Waals surface area contributed by atoms with Crippen LogP contribution in [0.2, 0.25) is 0 Å². The van der Waals surface area contributed by atoms with Gasteiger partial charge >= 0.3 is 6.18 Å². The largest absolute Gasteiger partial charge is 0.491 e. The summed E-state index contributed by atoms with van der Waals surface area (Å²) in [6, 6.07) is 13.9. The molecule has 1 atom stereocenters. The lowest BCUT2D eigenvalue weighted by molar-refractivity contribution is -0.138. The van der Waals surface area contributed by atoms with Crippen molar-refractivity contribution in [1.29, 1.82) is 0 Å². The van der Waals surface area contributed by atoms with Crippen molar-refractivity contribution in [3.8, 4) is 5.75 Å². The highest BCUT2D eigenvalue weighted by atomic mass is 19.4. The lowest BCUT2D eigenvalue weighted by Gasteiger charge is -2.34. The molecule has 4 aromatic rings. The summed E-state index contributed by atoms with van der Waals surface area (Å²) in [4.78, 5) is 73.5. The number of hydrogen-bond donors (Lipinski definition) is 3. The zero-order valence-corrected chi connectivity index (χ0v) is 37.6. The molecule has 0 radical (unpaired) electrons. The number of hydrogen-bond acceptors (Lipinski definition) is 13. The highest BCUT2D eigenvalue weighted by Gasteiger charge is 2.45. The lowest BCUT2D eigenvalue weighted by Crippen LogP contribution is -2.54. The van der Waals surface area contributed by atoms with E-state index in [1.807, 2.05) is 16.7 Å². The molecule has 3 aliphatic heterocycles. The van der Waals surface area contributed by atoms with Crippen molar-refractivity contribution in [2.24, 2.45) is 5.92 Å². The van der Waals surface area contributed by atoms with Crippen molar-refractivity contribution in [2.75, 3.05) is 90.9 Å². The van der Waals surface area contributed by atoms with Gasteiger partial charge in [-0.1, -0.05) is 12.1 Å². The number of aromatic nitrogens is 2. The van der Waals surface area contributed by atoms with Gasteiger partial charge in [0.2, 0.25) is 17.8 Å². The number of alkyl halides is 3. The number of nitrogens with zero attached hydrogens (tertiary/aromatic N) is 5. The number of ether oxygens (including phenoxy) is 4. The maximum Gasteiger partial charge on any atom is 0.416 e. The Bertz CT molecular complexity index is 2470. The summed E-state index contributed by atoms with van der Waals surface area (Å²) in [5.41, 5.74) is 1.94. The molecule has 0 bridgehead atoms. The molecule has 3 aromatic carbocycles. The normalized spacial score (nSPS) is 20.5. The fourth-order valence-electron chi connectivity index (χ4n) is 9.21. The molecule has 4 heterocycles. The van der Waals surface area contributed by atoms with Gasteiger partial charge in [-0.05, 0) is 92.1 Å². The van der Waals surface area contributed by atoms with Gasteiger partial charge in [0.15, 0.2) is 0 Å². The van der Waals surface area contributed by atoms with Gasteiger partial charge in [0, 0.05) is 63.9 Å². The third-order valence-corrected chi connectivity index (χ3v) is 12.9.